The zero-order valence-corrected chi connectivity index (χ0v) is 17.6. The highest BCUT2D eigenvalue weighted by atomic mass is 35.5. The molecule has 28 heavy (non-hydrogen) atoms. The maximum absolute atomic E-state index is 12.8. The van der Waals surface area contributed by atoms with Gasteiger partial charge in [-0.15, -0.1) is 0 Å². The van der Waals surface area contributed by atoms with Crippen LogP contribution in [-0.2, 0) is 16.6 Å². The third kappa shape index (κ3) is 4.03. The molecule has 0 atom stereocenters. The lowest BCUT2D eigenvalue weighted by molar-refractivity contribution is 0.412. The highest BCUT2D eigenvalue weighted by Crippen LogP contribution is 2.25. The normalized spacial score (nSPS) is 15.9. The van der Waals surface area contributed by atoms with E-state index in [0.717, 1.165) is 49.0 Å². The predicted molar refractivity (Wildman–Crippen MR) is 114 cm³/mol. The van der Waals surface area contributed by atoms with Crippen molar-refractivity contribution in [1.29, 1.82) is 0 Å². The number of rotatable bonds is 5. The maximum atomic E-state index is 12.8. The standard InChI is InChI=1S/C20H21ClN2O3S2/c21-17-9-5-4-6-14(17)13-23-18-11-10-16(12-19(18)27-20(23)24)28(25,26)22-15-7-2-1-3-8-15/h4-6,9-12,15,22H,1-3,7-8,13H2. The van der Waals surface area contributed by atoms with Crippen molar-refractivity contribution in [3.63, 3.8) is 0 Å². The number of fused-ring (bicyclic) bond motifs is 1. The van der Waals surface area contributed by atoms with Gasteiger partial charge in [-0.2, -0.15) is 0 Å². The summed E-state index contributed by atoms with van der Waals surface area (Å²) in [4.78, 5) is 12.6. The Hall–Kier alpha value is -1.67. The number of aromatic nitrogens is 1. The first kappa shape index (κ1) is 19.6. The molecule has 1 aromatic heterocycles. The van der Waals surface area contributed by atoms with Gasteiger partial charge in [0.2, 0.25) is 10.0 Å². The number of nitrogens with one attached hydrogen (secondary N) is 1. The van der Waals surface area contributed by atoms with Crippen LogP contribution >= 0.6 is 22.9 Å². The van der Waals surface area contributed by atoms with Crippen molar-refractivity contribution in [3.05, 3.63) is 62.7 Å². The summed E-state index contributed by atoms with van der Waals surface area (Å²) in [5, 5.41) is 0.602. The van der Waals surface area contributed by atoms with Crippen LogP contribution in [0.1, 0.15) is 37.7 Å². The quantitative estimate of drug-likeness (QED) is 0.645. The van der Waals surface area contributed by atoms with Gasteiger partial charge in [0.05, 0.1) is 21.7 Å². The maximum Gasteiger partial charge on any atom is 0.308 e. The zero-order valence-electron chi connectivity index (χ0n) is 15.2. The van der Waals surface area contributed by atoms with E-state index in [1.807, 2.05) is 18.2 Å². The van der Waals surface area contributed by atoms with Gasteiger partial charge in [-0.05, 0) is 42.7 Å². The molecule has 4 rings (SSSR count). The van der Waals surface area contributed by atoms with Gasteiger partial charge < -0.3 is 0 Å². The number of hydrogen-bond acceptors (Lipinski definition) is 4. The fourth-order valence-electron chi connectivity index (χ4n) is 3.67. The van der Waals surface area contributed by atoms with Gasteiger partial charge in [0, 0.05) is 11.1 Å². The molecule has 2 aromatic carbocycles. The summed E-state index contributed by atoms with van der Waals surface area (Å²) in [5.41, 5.74) is 1.56. The van der Waals surface area contributed by atoms with Crippen LogP contribution in [0.25, 0.3) is 10.2 Å². The Morgan fingerprint density at radius 3 is 2.61 bits per heavy atom. The topological polar surface area (TPSA) is 68.2 Å². The van der Waals surface area contributed by atoms with Gasteiger partial charge in [0.1, 0.15) is 0 Å². The third-order valence-electron chi connectivity index (χ3n) is 5.16. The van der Waals surface area contributed by atoms with E-state index in [-0.39, 0.29) is 15.8 Å². The molecule has 5 nitrogen and oxygen atoms in total. The van der Waals surface area contributed by atoms with Crippen LogP contribution in [0.2, 0.25) is 5.02 Å². The first-order valence-electron chi connectivity index (χ1n) is 9.33. The van der Waals surface area contributed by atoms with E-state index in [9.17, 15) is 13.2 Å². The minimum absolute atomic E-state index is 0.00184. The van der Waals surface area contributed by atoms with E-state index in [0.29, 0.717) is 21.8 Å². The van der Waals surface area contributed by atoms with Gasteiger partial charge >= 0.3 is 4.87 Å². The smallest absolute Gasteiger partial charge is 0.294 e. The first-order valence-corrected chi connectivity index (χ1v) is 12.0. The number of thiazole rings is 1. The van der Waals surface area contributed by atoms with Crippen molar-refractivity contribution in [2.45, 2.75) is 49.6 Å². The van der Waals surface area contributed by atoms with Crippen molar-refractivity contribution >= 4 is 43.2 Å². The average Bonchev–Trinajstić information content (AvgIpc) is 2.98. The molecule has 1 fully saturated rings. The highest BCUT2D eigenvalue weighted by molar-refractivity contribution is 7.89. The second kappa shape index (κ2) is 7.99. The summed E-state index contributed by atoms with van der Waals surface area (Å²) in [5.74, 6) is 0. The Bertz CT molecular complexity index is 1160. The monoisotopic (exact) mass is 436 g/mol. The van der Waals surface area contributed by atoms with E-state index < -0.39 is 10.0 Å². The molecular weight excluding hydrogens is 416 g/mol. The van der Waals surface area contributed by atoms with Crippen LogP contribution in [-0.4, -0.2) is 19.0 Å². The minimum atomic E-state index is -3.60. The second-order valence-electron chi connectivity index (χ2n) is 7.13. The number of benzene rings is 2. The van der Waals surface area contributed by atoms with Crippen molar-refractivity contribution in [1.82, 2.24) is 9.29 Å². The van der Waals surface area contributed by atoms with E-state index in [2.05, 4.69) is 4.72 Å². The molecule has 0 radical (unpaired) electrons. The lowest BCUT2D eigenvalue weighted by Gasteiger charge is -2.22. The predicted octanol–water partition coefficient (Wildman–Crippen LogP) is 4.38. The Kier molecular flexibility index (Phi) is 5.60. The summed E-state index contributed by atoms with van der Waals surface area (Å²) in [6.07, 6.45) is 5.03. The summed E-state index contributed by atoms with van der Waals surface area (Å²) >= 11 is 7.28. The molecule has 0 bridgehead atoms. The summed E-state index contributed by atoms with van der Waals surface area (Å²) in [6.45, 7) is 0.352. The lowest BCUT2D eigenvalue weighted by atomic mass is 9.96. The van der Waals surface area contributed by atoms with E-state index in [1.54, 1.807) is 28.8 Å². The number of nitrogens with zero attached hydrogens (tertiary/aromatic N) is 1. The summed E-state index contributed by atoms with van der Waals surface area (Å²) in [7, 11) is -3.60. The molecule has 1 saturated carbocycles. The second-order valence-corrected chi connectivity index (χ2v) is 10.2. The fourth-order valence-corrected chi connectivity index (χ4v) is 6.20. The fraction of sp³-hybridized carbons (Fsp3) is 0.350. The van der Waals surface area contributed by atoms with Crippen LogP contribution < -0.4 is 9.60 Å². The lowest BCUT2D eigenvalue weighted by Crippen LogP contribution is -2.36. The van der Waals surface area contributed by atoms with E-state index in [1.165, 1.54) is 0 Å². The van der Waals surface area contributed by atoms with Crippen LogP contribution in [0.3, 0.4) is 0 Å². The van der Waals surface area contributed by atoms with Gasteiger partial charge in [-0.25, -0.2) is 13.1 Å². The number of hydrogen-bond donors (Lipinski definition) is 1. The summed E-state index contributed by atoms with van der Waals surface area (Å²) in [6, 6.07) is 12.3. The first-order chi connectivity index (χ1) is 13.4. The molecule has 0 amide bonds. The Morgan fingerprint density at radius 2 is 1.86 bits per heavy atom. The largest absolute Gasteiger partial charge is 0.308 e. The molecule has 1 N–H and O–H groups in total. The zero-order chi connectivity index (χ0) is 19.7. The minimum Gasteiger partial charge on any atom is -0.294 e. The molecule has 8 heteroatoms. The summed E-state index contributed by atoms with van der Waals surface area (Å²) < 4.78 is 30.6. The molecule has 0 aliphatic heterocycles. The van der Waals surface area contributed by atoms with Crippen LogP contribution in [0, 0.1) is 0 Å². The van der Waals surface area contributed by atoms with Crippen LogP contribution in [0.5, 0.6) is 0 Å². The molecule has 3 aromatic rings. The van der Waals surface area contributed by atoms with Crippen LogP contribution in [0.4, 0.5) is 0 Å². The van der Waals surface area contributed by atoms with Gasteiger partial charge in [0.15, 0.2) is 0 Å². The van der Waals surface area contributed by atoms with Crippen molar-refractivity contribution in [3.8, 4) is 0 Å². The van der Waals surface area contributed by atoms with Crippen molar-refractivity contribution in [2.75, 3.05) is 0 Å². The molecule has 148 valence electrons. The molecular formula is C20H21ClN2O3S2. The molecule has 0 unspecified atom stereocenters. The van der Waals surface area contributed by atoms with E-state index in [4.69, 9.17) is 11.6 Å². The van der Waals surface area contributed by atoms with Gasteiger partial charge in [0.25, 0.3) is 0 Å². The number of halogens is 1. The van der Waals surface area contributed by atoms with Gasteiger partial charge in [-0.3, -0.25) is 9.36 Å². The molecule has 0 saturated heterocycles. The Labute approximate surface area is 173 Å². The molecule has 1 heterocycles. The van der Waals surface area contributed by atoms with Crippen LogP contribution in [0.15, 0.2) is 52.2 Å². The average molecular weight is 437 g/mol. The van der Waals surface area contributed by atoms with Crippen molar-refractivity contribution < 1.29 is 8.42 Å². The molecule has 1 aliphatic rings. The highest BCUT2D eigenvalue weighted by Gasteiger charge is 2.22. The van der Waals surface area contributed by atoms with Gasteiger partial charge in [-0.1, -0.05) is 60.4 Å². The molecule has 1 aliphatic carbocycles. The Morgan fingerprint density at radius 1 is 1.11 bits per heavy atom. The third-order valence-corrected chi connectivity index (χ3v) is 7.99. The van der Waals surface area contributed by atoms with E-state index >= 15 is 0 Å². The SMILES string of the molecule is O=c1sc2cc(S(=O)(=O)NC3CCCCC3)ccc2n1Cc1ccccc1Cl. The van der Waals surface area contributed by atoms with Crippen molar-refractivity contribution in [2.24, 2.45) is 0 Å². The molecule has 0 spiro atoms. The number of sulfonamides is 1. The Balaban J connectivity index is 1.65.